The Hall–Kier alpha value is -1.47. The van der Waals surface area contributed by atoms with Crippen LogP contribution in [0, 0.1) is 0 Å². The Bertz CT molecular complexity index is 835. The van der Waals surface area contributed by atoms with E-state index in [0.29, 0.717) is 34.5 Å². The van der Waals surface area contributed by atoms with Crippen molar-refractivity contribution in [2.75, 3.05) is 35.9 Å². The molecule has 1 fully saturated rings. The van der Waals surface area contributed by atoms with Crippen LogP contribution in [-0.2, 0) is 20.5 Å². The average Bonchev–Trinajstić information content (AvgIpc) is 2.58. The molecule has 0 atom stereocenters. The summed E-state index contributed by atoms with van der Waals surface area (Å²) in [5.41, 5.74) is 2.07. The number of hydrogen-bond donors (Lipinski definition) is 1. The number of nitrogens with zero attached hydrogens (tertiary/aromatic N) is 1. The van der Waals surface area contributed by atoms with Crippen molar-refractivity contribution in [3.8, 4) is 0 Å². The summed E-state index contributed by atoms with van der Waals surface area (Å²) in [7, 11) is -3.57. The predicted molar refractivity (Wildman–Crippen MR) is 102 cm³/mol. The molecule has 1 aliphatic heterocycles. The van der Waals surface area contributed by atoms with E-state index in [1.807, 2.05) is 12.1 Å². The largest absolute Gasteiger partial charge is 0.378 e. The van der Waals surface area contributed by atoms with Crippen LogP contribution in [0.4, 0.5) is 11.4 Å². The maximum Gasteiger partial charge on any atom is 0.236 e. The second-order valence-corrected chi connectivity index (χ2v) is 8.31. The highest BCUT2D eigenvalue weighted by Crippen LogP contribution is 2.24. The first-order chi connectivity index (χ1) is 11.9. The Morgan fingerprint density at radius 1 is 1.04 bits per heavy atom. The van der Waals surface area contributed by atoms with Crippen molar-refractivity contribution in [1.29, 1.82) is 0 Å². The van der Waals surface area contributed by atoms with Gasteiger partial charge in [0.2, 0.25) is 10.0 Å². The maximum absolute atomic E-state index is 12.4. The zero-order valence-corrected chi connectivity index (χ0v) is 15.7. The molecule has 0 amide bonds. The number of anilines is 2. The summed E-state index contributed by atoms with van der Waals surface area (Å²) in [5.74, 6) is -0.214. The molecule has 0 radical (unpaired) electrons. The van der Waals surface area contributed by atoms with Crippen LogP contribution in [-0.4, -0.2) is 34.7 Å². The van der Waals surface area contributed by atoms with Gasteiger partial charge in [-0.25, -0.2) is 8.42 Å². The standard InChI is InChI=1S/C17H18Cl2N2O3S/c18-14-2-1-13(17(19)11-14)12-25(22,23)20-15-3-5-16(6-4-15)21-7-9-24-10-8-21/h1-6,11,20H,7-10,12H2. The molecule has 134 valence electrons. The van der Waals surface area contributed by atoms with Gasteiger partial charge in [0.05, 0.1) is 19.0 Å². The van der Waals surface area contributed by atoms with Gasteiger partial charge in [0, 0.05) is 34.5 Å². The summed E-state index contributed by atoms with van der Waals surface area (Å²) >= 11 is 11.9. The Balaban J connectivity index is 1.68. The van der Waals surface area contributed by atoms with Gasteiger partial charge < -0.3 is 9.64 Å². The minimum absolute atomic E-state index is 0.214. The quantitative estimate of drug-likeness (QED) is 0.829. The van der Waals surface area contributed by atoms with E-state index in [0.717, 1.165) is 18.8 Å². The van der Waals surface area contributed by atoms with Crippen LogP contribution in [0.25, 0.3) is 0 Å². The van der Waals surface area contributed by atoms with Crippen molar-refractivity contribution in [1.82, 2.24) is 0 Å². The van der Waals surface area contributed by atoms with Crippen molar-refractivity contribution in [3.63, 3.8) is 0 Å². The lowest BCUT2D eigenvalue weighted by Gasteiger charge is -2.28. The molecule has 2 aromatic rings. The predicted octanol–water partition coefficient (Wildman–Crippen LogP) is 3.77. The number of morpholine rings is 1. The zero-order valence-electron chi connectivity index (χ0n) is 13.4. The van der Waals surface area contributed by atoms with Crippen LogP contribution in [0.2, 0.25) is 10.0 Å². The van der Waals surface area contributed by atoms with E-state index < -0.39 is 10.0 Å². The number of benzene rings is 2. The molecule has 0 aliphatic carbocycles. The number of nitrogens with one attached hydrogen (secondary N) is 1. The molecule has 1 N–H and O–H groups in total. The Morgan fingerprint density at radius 3 is 2.36 bits per heavy atom. The smallest absolute Gasteiger partial charge is 0.236 e. The number of halogens is 2. The van der Waals surface area contributed by atoms with Gasteiger partial charge in [-0.05, 0) is 42.0 Å². The van der Waals surface area contributed by atoms with E-state index in [1.54, 1.807) is 24.3 Å². The van der Waals surface area contributed by atoms with Gasteiger partial charge in [-0.1, -0.05) is 29.3 Å². The number of rotatable bonds is 5. The normalized spacial score (nSPS) is 15.2. The Morgan fingerprint density at radius 2 is 1.72 bits per heavy atom. The van der Waals surface area contributed by atoms with Crippen molar-refractivity contribution in [2.45, 2.75) is 5.75 Å². The number of ether oxygens (including phenoxy) is 1. The summed E-state index contributed by atoms with van der Waals surface area (Å²) < 4.78 is 32.6. The highest BCUT2D eigenvalue weighted by atomic mass is 35.5. The van der Waals surface area contributed by atoms with Gasteiger partial charge in [-0.2, -0.15) is 0 Å². The molecule has 8 heteroatoms. The van der Waals surface area contributed by atoms with E-state index in [-0.39, 0.29) is 5.75 Å². The van der Waals surface area contributed by atoms with E-state index in [4.69, 9.17) is 27.9 Å². The minimum Gasteiger partial charge on any atom is -0.378 e. The zero-order chi connectivity index (χ0) is 17.9. The summed E-state index contributed by atoms with van der Waals surface area (Å²) in [5, 5.41) is 0.804. The monoisotopic (exact) mass is 400 g/mol. The Labute approximate surface area is 157 Å². The van der Waals surface area contributed by atoms with E-state index in [9.17, 15) is 8.42 Å². The Kier molecular flexibility index (Phi) is 5.74. The molecule has 0 unspecified atom stereocenters. The molecular weight excluding hydrogens is 383 g/mol. The third kappa shape index (κ3) is 5.01. The molecule has 0 saturated carbocycles. The molecule has 1 saturated heterocycles. The van der Waals surface area contributed by atoms with E-state index >= 15 is 0 Å². The second-order valence-electron chi connectivity index (χ2n) is 5.74. The van der Waals surface area contributed by atoms with Crippen LogP contribution in [0.3, 0.4) is 0 Å². The fraction of sp³-hybridized carbons (Fsp3) is 0.294. The van der Waals surface area contributed by atoms with Gasteiger partial charge in [0.1, 0.15) is 0 Å². The van der Waals surface area contributed by atoms with Gasteiger partial charge in [-0.3, -0.25) is 4.72 Å². The van der Waals surface area contributed by atoms with Gasteiger partial charge >= 0.3 is 0 Å². The second kappa shape index (κ2) is 7.83. The lowest BCUT2D eigenvalue weighted by molar-refractivity contribution is 0.122. The number of sulfonamides is 1. The first kappa shape index (κ1) is 18.3. The summed E-state index contributed by atoms with van der Waals surface area (Å²) in [6.07, 6.45) is 0. The molecule has 1 heterocycles. The SMILES string of the molecule is O=S(=O)(Cc1ccc(Cl)cc1Cl)Nc1ccc(N2CCOCC2)cc1. The molecule has 0 bridgehead atoms. The minimum atomic E-state index is -3.57. The van der Waals surface area contributed by atoms with Crippen LogP contribution in [0.15, 0.2) is 42.5 Å². The van der Waals surface area contributed by atoms with Crippen LogP contribution < -0.4 is 9.62 Å². The van der Waals surface area contributed by atoms with Crippen molar-refractivity contribution < 1.29 is 13.2 Å². The van der Waals surface area contributed by atoms with Gasteiger partial charge in [0.15, 0.2) is 0 Å². The van der Waals surface area contributed by atoms with Crippen molar-refractivity contribution >= 4 is 44.6 Å². The van der Waals surface area contributed by atoms with E-state index in [1.165, 1.54) is 6.07 Å². The van der Waals surface area contributed by atoms with Crippen molar-refractivity contribution in [3.05, 3.63) is 58.1 Å². The summed E-state index contributed by atoms with van der Waals surface area (Å²) in [6, 6.07) is 12.1. The van der Waals surface area contributed by atoms with E-state index in [2.05, 4.69) is 9.62 Å². The molecule has 25 heavy (non-hydrogen) atoms. The third-order valence-electron chi connectivity index (χ3n) is 3.88. The highest BCUT2D eigenvalue weighted by Gasteiger charge is 2.15. The molecule has 5 nitrogen and oxygen atoms in total. The molecule has 0 spiro atoms. The fourth-order valence-corrected chi connectivity index (χ4v) is 4.40. The lowest BCUT2D eigenvalue weighted by atomic mass is 10.2. The topological polar surface area (TPSA) is 58.6 Å². The molecular formula is C17H18Cl2N2O3S. The summed E-state index contributed by atoms with van der Waals surface area (Å²) in [4.78, 5) is 2.20. The van der Waals surface area contributed by atoms with Crippen LogP contribution in [0.1, 0.15) is 5.56 Å². The first-order valence-electron chi connectivity index (χ1n) is 7.80. The molecule has 1 aliphatic rings. The molecule has 3 rings (SSSR count). The number of hydrogen-bond acceptors (Lipinski definition) is 4. The highest BCUT2D eigenvalue weighted by molar-refractivity contribution is 7.91. The van der Waals surface area contributed by atoms with Crippen LogP contribution in [0.5, 0.6) is 0 Å². The average molecular weight is 401 g/mol. The third-order valence-corrected chi connectivity index (χ3v) is 5.70. The van der Waals surface area contributed by atoms with Gasteiger partial charge in [0.25, 0.3) is 0 Å². The summed E-state index contributed by atoms with van der Waals surface area (Å²) in [6.45, 7) is 3.08. The van der Waals surface area contributed by atoms with Crippen molar-refractivity contribution in [2.24, 2.45) is 0 Å². The fourth-order valence-electron chi connectivity index (χ4n) is 2.62. The first-order valence-corrected chi connectivity index (χ1v) is 10.2. The molecule has 2 aromatic carbocycles. The van der Waals surface area contributed by atoms with Crippen LogP contribution >= 0.6 is 23.2 Å². The maximum atomic E-state index is 12.4. The van der Waals surface area contributed by atoms with Gasteiger partial charge in [-0.15, -0.1) is 0 Å². The lowest BCUT2D eigenvalue weighted by Crippen LogP contribution is -2.36. The molecule has 0 aromatic heterocycles.